The van der Waals surface area contributed by atoms with Crippen LogP contribution in [0.4, 0.5) is 0 Å². The third kappa shape index (κ3) is 3.37. The fraction of sp³-hybridized carbons (Fsp3) is 0.500. The van der Waals surface area contributed by atoms with E-state index in [1.807, 2.05) is 5.38 Å². The van der Waals surface area contributed by atoms with Crippen molar-refractivity contribution in [2.75, 3.05) is 6.54 Å². The van der Waals surface area contributed by atoms with E-state index in [4.69, 9.17) is 0 Å². The fourth-order valence-corrected chi connectivity index (χ4v) is 1.66. The number of aromatic nitrogens is 5. The van der Waals surface area contributed by atoms with E-state index in [9.17, 15) is 0 Å². The van der Waals surface area contributed by atoms with Crippen LogP contribution in [0.3, 0.4) is 0 Å². The molecule has 2 aromatic rings. The molecule has 0 aliphatic heterocycles. The van der Waals surface area contributed by atoms with Gasteiger partial charge in [-0.25, -0.2) is 4.98 Å². The van der Waals surface area contributed by atoms with Crippen LogP contribution >= 0.6 is 11.5 Å². The van der Waals surface area contributed by atoms with E-state index in [0.717, 1.165) is 37.4 Å². The molecule has 2 aromatic heterocycles. The normalized spacial score (nSPS) is 10.7. The summed E-state index contributed by atoms with van der Waals surface area (Å²) in [7, 11) is 0. The molecule has 0 amide bonds. The number of nitrogens with zero attached hydrogens (tertiary/aromatic N) is 4. The zero-order valence-electron chi connectivity index (χ0n) is 8.18. The van der Waals surface area contributed by atoms with Crippen molar-refractivity contribution in [3.8, 4) is 0 Å². The monoisotopic (exact) mass is 224 g/mol. The Hall–Kier alpha value is -1.34. The molecule has 15 heavy (non-hydrogen) atoms. The summed E-state index contributed by atoms with van der Waals surface area (Å²) < 4.78 is 3.79. The Labute approximate surface area is 91.3 Å². The molecule has 0 saturated heterocycles. The molecule has 0 bridgehead atoms. The van der Waals surface area contributed by atoms with Crippen molar-refractivity contribution in [1.29, 1.82) is 0 Å². The van der Waals surface area contributed by atoms with Crippen molar-refractivity contribution < 1.29 is 0 Å². The summed E-state index contributed by atoms with van der Waals surface area (Å²) >= 11 is 1.38. The van der Waals surface area contributed by atoms with E-state index in [-0.39, 0.29) is 0 Å². The molecule has 0 spiro atoms. The van der Waals surface area contributed by atoms with Crippen LogP contribution < -0.4 is 5.32 Å². The largest absolute Gasteiger partial charge is 0.311 e. The van der Waals surface area contributed by atoms with E-state index >= 15 is 0 Å². The topological polar surface area (TPSA) is 79.4 Å². The van der Waals surface area contributed by atoms with Crippen molar-refractivity contribution in [2.45, 2.75) is 19.4 Å². The third-order valence-corrected chi connectivity index (χ3v) is 2.50. The molecule has 0 fully saturated rings. The maximum absolute atomic E-state index is 4.05. The Kier molecular flexibility index (Phi) is 3.75. The molecule has 2 N–H and O–H groups in total. The van der Waals surface area contributed by atoms with E-state index in [1.54, 1.807) is 0 Å². The lowest BCUT2D eigenvalue weighted by Gasteiger charge is -2.00. The van der Waals surface area contributed by atoms with E-state index in [1.165, 1.54) is 17.9 Å². The van der Waals surface area contributed by atoms with Crippen molar-refractivity contribution in [3.63, 3.8) is 0 Å². The summed E-state index contributed by atoms with van der Waals surface area (Å²) in [5, 5.41) is 15.8. The predicted molar refractivity (Wildman–Crippen MR) is 56.3 cm³/mol. The Balaban J connectivity index is 1.56. The molecule has 80 valence electrons. The lowest BCUT2D eigenvalue weighted by Crippen LogP contribution is -2.15. The van der Waals surface area contributed by atoms with Gasteiger partial charge in [-0.15, -0.1) is 5.10 Å². The van der Waals surface area contributed by atoms with Crippen molar-refractivity contribution in [2.24, 2.45) is 0 Å². The Bertz CT molecular complexity index is 320. The summed E-state index contributed by atoms with van der Waals surface area (Å²) in [6.45, 7) is 1.73. The van der Waals surface area contributed by atoms with Gasteiger partial charge in [0.25, 0.3) is 0 Å². The maximum atomic E-state index is 4.05. The van der Waals surface area contributed by atoms with Gasteiger partial charge in [-0.3, -0.25) is 5.10 Å². The van der Waals surface area contributed by atoms with Crippen LogP contribution in [0.2, 0.25) is 0 Å². The van der Waals surface area contributed by atoms with Gasteiger partial charge in [-0.1, -0.05) is 4.49 Å². The first kappa shape index (κ1) is 10.2. The molecule has 0 aliphatic rings. The quantitative estimate of drug-likeness (QED) is 0.693. The minimum absolute atomic E-state index is 0.785. The molecule has 6 nitrogen and oxygen atoms in total. The number of nitrogens with one attached hydrogen (secondary N) is 2. The molecule has 0 saturated carbocycles. The molecule has 2 rings (SSSR count). The number of aromatic amines is 1. The second kappa shape index (κ2) is 5.52. The zero-order valence-corrected chi connectivity index (χ0v) is 9.00. The highest BCUT2D eigenvalue weighted by Gasteiger charge is 1.97. The summed E-state index contributed by atoms with van der Waals surface area (Å²) in [5.74, 6) is 0.937. The van der Waals surface area contributed by atoms with E-state index in [0.29, 0.717) is 0 Å². The fourth-order valence-electron chi connectivity index (χ4n) is 1.21. The van der Waals surface area contributed by atoms with Crippen LogP contribution in [0.25, 0.3) is 0 Å². The average molecular weight is 224 g/mol. The van der Waals surface area contributed by atoms with Gasteiger partial charge in [0, 0.05) is 18.3 Å². The third-order valence-electron chi connectivity index (χ3n) is 1.94. The number of hydrogen-bond acceptors (Lipinski definition) is 6. The van der Waals surface area contributed by atoms with Crippen molar-refractivity contribution in [1.82, 2.24) is 30.1 Å². The predicted octanol–water partition coefficient (Wildman–Crippen LogP) is 0.379. The average Bonchev–Trinajstić information content (AvgIpc) is 2.88. The Morgan fingerprint density at radius 2 is 2.47 bits per heavy atom. The highest BCUT2D eigenvalue weighted by molar-refractivity contribution is 7.03. The highest BCUT2D eigenvalue weighted by atomic mass is 32.1. The van der Waals surface area contributed by atoms with E-state index < -0.39 is 0 Å². The molecule has 0 aliphatic carbocycles. The van der Waals surface area contributed by atoms with Gasteiger partial charge < -0.3 is 5.32 Å². The van der Waals surface area contributed by atoms with Crippen LogP contribution in [0.15, 0.2) is 11.7 Å². The maximum Gasteiger partial charge on any atom is 0.137 e. The number of aryl methyl sites for hydroxylation is 1. The highest BCUT2D eigenvalue weighted by Crippen LogP contribution is 1.96. The lowest BCUT2D eigenvalue weighted by atomic mass is 10.3. The zero-order chi connectivity index (χ0) is 10.3. The first-order valence-corrected chi connectivity index (χ1v) is 5.59. The van der Waals surface area contributed by atoms with Crippen molar-refractivity contribution in [3.05, 3.63) is 23.2 Å². The molecule has 0 atom stereocenters. The van der Waals surface area contributed by atoms with Crippen molar-refractivity contribution >= 4 is 11.5 Å². The Morgan fingerprint density at radius 1 is 1.47 bits per heavy atom. The number of rotatable bonds is 6. The van der Waals surface area contributed by atoms with Crippen LogP contribution in [0.5, 0.6) is 0 Å². The molecular formula is C8H12N6S. The van der Waals surface area contributed by atoms with Crippen LogP contribution in [0, 0.1) is 0 Å². The summed E-state index contributed by atoms with van der Waals surface area (Å²) in [6.07, 6.45) is 3.48. The van der Waals surface area contributed by atoms with Gasteiger partial charge >= 0.3 is 0 Å². The second-order valence-electron chi connectivity index (χ2n) is 3.11. The summed E-state index contributed by atoms with van der Waals surface area (Å²) in [5.41, 5.74) is 1.000. The number of hydrogen-bond donors (Lipinski definition) is 2. The Morgan fingerprint density at radius 3 is 3.20 bits per heavy atom. The van der Waals surface area contributed by atoms with Gasteiger partial charge in [0.1, 0.15) is 12.2 Å². The van der Waals surface area contributed by atoms with Crippen LogP contribution in [-0.4, -0.2) is 31.3 Å². The SMILES string of the molecule is c1n[nH]c(CCCNCc2csnn2)n1. The number of H-pyrrole nitrogens is 1. The molecule has 7 heteroatoms. The molecule has 2 heterocycles. The second-order valence-corrected chi connectivity index (χ2v) is 3.72. The van der Waals surface area contributed by atoms with Gasteiger partial charge in [0.15, 0.2) is 0 Å². The molecule has 0 radical (unpaired) electrons. The molecule has 0 unspecified atom stereocenters. The van der Waals surface area contributed by atoms with Gasteiger partial charge in [0.2, 0.25) is 0 Å². The van der Waals surface area contributed by atoms with Crippen LogP contribution in [0.1, 0.15) is 17.9 Å². The van der Waals surface area contributed by atoms with Gasteiger partial charge in [-0.05, 0) is 24.5 Å². The first-order valence-electron chi connectivity index (χ1n) is 4.76. The lowest BCUT2D eigenvalue weighted by molar-refractivity contribution is 0.631. The minimum Gasteiger partial charge on any atom is -0.311 e. The smallest absolute Gasteiger partial charge is 0.137 e. The summed E-state index contributed by atoms with van der Waals surface area (Å²) in [4.78, 5) is 4.05. The first-order chi connectivity index (χ1) is 7.45. The van der Waals surface area contributed by atoms with Crippen LogP contribution in [-0.2, 0) is 13.0 Å². The standard InChI is InChI=1S/C8H12N6S/c1(2-8-10-6-11-13-8)3-9-4-7-5-15-14-12-7/h5-6,9H,1-4H2,(H,10,11,13). The summed E-state index contributed by atoms with van der Waals surface area (Å²) in [6, 6.07) is 0. The van der Waals surface area contributed by atoms with Gasteiger partial charge in [0.05, 0.1) is 5.69 Å². The van der Waals surface area contributed by atoms with E-state index in [2.05, 4.69) is 30.1 Å². The molecule has 0 aromatic carbocycles. The molecular weight excluding hydrogens is 212 g/mol. The van der Waals surface area contributed by atoms with Gasteiger partial charge in [-0.2, -0.15) is 5.10 Å². The minimum atomic E-state index is 0.785.